The van der Waals surface area contributed by atoms with E-state index >= 15 is 0 Å². The summed E-state index contributed by atoms with van der Waals surface area (Å²) in [4.78, 5) is 17.6. The minimum absolute atomic E-state index is 0.219. The second-order valence-corrected chi connectivity index (χ2v) is 8.01. The first-order valence-corrected chi connectivity index (χ1v) is 9.82. The molecule has 0 aromatic heterocycles. The largest absolute Gasteiger partial charge is 0.371 e. The van der Waals surface area contributed by atoms with Crippen LogP contribution in [0.15, 0.2) is 48.5 Å². The summed E-state index contributed by atoms with van der Waals surface area (Å²) in [5.74, 6) is 0.219. The van der Waals surface area contributed by atoms with Gasteiger partial charge in [-0.15, -0.1) is 0 Å². The van der Waals surface area contributed by atoms with E-state index in [-0.39, 0.29) is 11.3 Å². The topological polar surface area (TPSA) is 23.6 Å². The average Bonchev–Trinajstić information content (AvgIpc) is 3.28. The number of anilines is 1. The average molecular weight is 369 g/mol. The summed E-state index contributed by atoms with van der Waals surface area (Å²) >= 11 is 6.01. The van der Waals surface area contributed by atoms with Gasteiger partial charge in [-0.3, -0.25) is 4.79 Å². The summed E-state index contributed by atoms with van der Waals surface area (Å²) in [5, 5.41) is 0.713. The Bertz CT molecular complexity index is 792. The number of hydrogen-bond donors (Lipinski definition) is 0. The third-order valence-corrected chi connectivity index (χ3v) is 6.00. The van der Waals surface area contributed by atoms with Crippen LogP contribution in [0.4, 0.5) is 5.69 Å². The highest BCUT2D eigenvalue weighted by Crippen LogP contribution is 2.49. The zero-order valence-corrected chi connectivity index (χ0v) is 16.0. The standard InChI is InChI=1S/C22H25ClN2O/c1-24(16-17-6-2-3-7-20(17)25-14-4-5-15-25)21(26)22(12-13-22)18-8-10-19(23)11-9-18/h2-3,6-11H,4-5,12-16H2,1H3. The molecule has 1 saturated heterocycles. The van der Waals surface area contributed by atoms with Crippen molar-refractivity contribution in [3.63, 3.8) is 0 Å². The summed E-state index contributed by atoms with van der Waals surface area (Å²) in [6.45, 7) is 2.88. The van der Waals surface area contributed by atoms with Crippen LogP contribution in [-0.4, -0.2) is 30.9 Å². The lowest BCUT2D eigenvalue weighted by molar-refractivity contribution is -0.133. The zero-order valence-electron chi connectivity index (χ0n) is 15.2. The van der Waals surface area contributed by atoms with Crippen molar-refractivity contribution in [1.82, 2.24) is 4.90 Å². The quantitative estimate of drug-likeness (QED) is 0.768. The fourth-order valence-corrected chi connectivity index (χ4v) is 4.25. The monoisotopic (exact) mass is 368 g/mol. The summed E-state index contributed by atoms with van der Waals surface area (Å²) in [5.41, 5.74) is 3.26. The Labute approximate surface area is 160 Å². The SMILES string of the molecule is CN(Cc1ccccc1N1CCCC1)C(=O)C1(c2ccc(Cl)cc2)CC1. The fourth-order valence-electron chi connectivity index (χ4n) is 4.12. The van der Waals surface area contributed by atoms with E-state index < -0.39 is 0 Å². The van der Waals surface area contributed by atoms with Crippen molar-refractivity contribution in [1.29, 1.82) is 0 Å². The molecule has 0 radical (unpaired) electrons. The van der Waals surface area contributed by atoms with Gasteiger partial charge < -0.3 is 9.80 Å². The lowest BCUT2D eigenvalue weighted by Crippen LogP contribution is -2.36. The molecule has 0 bridgehead atoms. The smallest absolute Gasteiger partial charge is 0.233 e. The van der Waals surface area contributed by atoms with E-state index in [9.17, 15) is 4.79 Å². The Morgan fingerprint density at radius 3 is 2.38 bits per heavy atom. The molecule has 0 N–H and O–H groups in total. The van der Waals surface area contributed by atoms with Crippen LogP contribution in [0.5, 0.6) is 0 Å². The second kappa shape index (κ2) is 6.96. The number of nitrogens with zero attached hydrogens (tertiary/aromatic N) is 2. The fraction of sp³-hybridized carbons (Fsp3) is 0.409. The van der Waals surface area contributed by atoms with E-state index in [0.29, 0.717) is 11.6 Å². The van der Waals surface area contributed by atoms with Crippen molar-refractivity contribution >= 4 is 23.2 Å². The van der Waals surface area contributed by atoms with Crippen LogP contribution in [0.1, 0.15) is 36.8 Å². The number of carbonyl (C=O) groups is 1. The van der Waals surface area contributed by atoms with Crippen LogP contribution < -0.4 is 4.90 Å². The first kappa shape index (κ1) is 17.4. The molecular formula is C22H25ClN2O. The molecule has 26 heavy (non-hydrogen) atoms. The number of amides is 1. The van der Waals surface area contributed by atoms with Gasteiger partial charge in [0.25, 0.3) is 0 Å². The van der Waals surface area contributed by atoms with Gasteiger partial charge in [0.15, 0.2) is 0 Å². The van der Waals surface area contributed by atoms with E-state index in [1.54, 1.807) is 0 Å². The van der Waals surface area contributed by atoms with Crippen LogP contribution in [0.2, 0.25) is 5.02 Å². The molecule has 1 amide bonds. The molecule has 136 valence electrons. The maximum Gasteiger partial charge on any atom is 0.233 e. The first-order valence-electron chi connectivity index (χ1n) is 9.45. The van der Waals surface area contributed by atoms with Crippen molar-refractivity contribution in [2.45, 2.75) is 37.6 Å². The van der Waals surface area contributed by atoms with Crippen molar-refractivity contribution in [3.8, 4) is 0 Å². The van der Waals surface area contributed by atoms with Gasteiger partial charge in [-0.2, -0.15) is 0 Å². The second-order valence-electron chi connectivity index (χ2n) is 7.57. The van der Waals surface area contributed by atoms with Crippen LogP contribution in [0.25, 0.3) is 0 Å². The Kier molecular flexibility index (Phi) is 4.66. The summed E-state index contributed by atoms with van der Waals surface area (Å²) in [6.07, 6.45) is 4.35. The van der Waals surface area contributed by atoms with Crippen LogP contribution in [0.3, 0.4) is 0 Å². The molecule has 4 rings (SSSR count). The van der Waals surface area contributed by atoms with E-state index in [4.69, 9.17) is 11.6 Å². The van der Waals surface area contributed by atoms with E-state index in [1.165, 1.54) is 24.1 Å². The summed E-state index contributed by atoms with van der Waals surface area (Å²) < 4.78 is 0. The number of hydrogen-bond acceptors (Lipinski definition) is 2. The number of rotatable bonds is 5. The van der Waals surface area contributed by atoms with Crippen LogP contribution >= 0.6 is 11.6 Å². The molecule has 4 heteroatoms. The van der Waals surface area contributed by atoms with Crippen molar-refractivity contribution in [3.05, 3.63) is 64.7 Å². The van der Waals surface area contributed by atoms with E-state index in [0.717, 1.165) is 31.5 Å². The number of para-hydroxylation sites is 1. The van der Waals surface area contributed by atoms with Gasteiger partial charge in [0.1, 0.15) is 0 Å². The molecule has 0 unspecified atom stereocenters. The molecule has 2 aromatic carbocycles. The zero-order chi connectivity index (χ0) is 18.1. The molecule has 2 aliphatic rings. The number of halogens is 1. The van der Waals surface area contributed by atoms with Gasteiger partial charge in [0, 0.05) is 37.4 Å². The van der Waals surface area contributed by atoms with Crippen LogP contribution in [0, 0.1) is 0 Å². The predicted octanol–water partition coefficient (Wildman–Crippen LogP) is 4.63. The Morgan fingerprint density at radius 1 is 1.08 bits per heavy atom. The van der Waals surface area contributed by atoms with Gasteiger partial charge in [0.05, 0.1) is 5.41 Å². The molecule has 1 aliphatic heterocycles. The lowest BCUT2D eigenvalue weighted by Gasteiger charge is -2.27. The molecule has 0 atom stereocenters. The Hall–Kier alpha value is -2.00. The molecule has 1 saturated carbocycles. The summed E-state index contributed by atoms with van der Waals surface area (Å²) in [6, 6.07) is 16.3. The molecule has 1 aliphatic carbocycles. The number of carbonyl (C=O) groups excluding carboxylic acids is 1. The number of benzene rings is 2. The predicted molar refractivity (Wildman–Crippen MR) is 107 cm³/mol. The third-order valence-electron chi connectivity index (χ3n) is 5.75. The highest BCUT2D eigenvalue weighted by atomic mass is 35.5. The normalized spacial score (nSPS) is 18.0. The van der Waals surface area contributed by atoms with Crippen molar-refractivity contribution in [2.24, 2.45) is 0 Å². The maximum atomic E-state index is 13.2. The minimum atomic E-state index is -0.345. The van der Waals surface area contributed by atoms with E-state index in [2.05, 4.69) is 29.2 Å². The first-order chi connectivity index (χ1) is 12.6. The molecule has 2 fully saturated rings. The third kappa shape index (κ3) is 3.21. The number of likely N-dealkylation sites (N-methyl/N-ethyl adjacent to an activating group) is 1. The maximum absolute atomic E-state index is 13.2. The molecule has 3 nitrogen and oxygen atoms in total. The van der Waals surface area contributed by atoms with Gasteiger partial charge in [-0.05, 0) is 55.0 Å². The van der Waals surface area contributed by atoms with Gasteiger partial charge >= 0.3 is 0 Å². The van der Waals surface area contributed by atoms with Gasteiger partial charge in [0.2, 0.25) is 5.91 Å². The molecule has 2 aromatic rings. The molecule has 1 heterocycles. The van der Waals surface area contributed by atoms with Crippen LogP contribution in [-0.2, 0) is 16.8 Å². The minimum Gasteiger partial charge on any atom is -0.371 e. The van der Waals surface area contributed by atoms with E-state index in [1.807, 2.05) is 36.2 Å². The molecule has 0 spiro atoms. The Morgan fingerprint density at radius 2 is 1.73 bits per heavy atom. The van der Waals surface area contributed by atoms with Crippen molar-refractivity contribution in [2.75, 3.05) is 25.0 Å². The van der Waals surface area contributed by atoms with Gasteiger partial charge in [-0.1, -0.05) is 41.9 Å². The highest BCUT2D eigenvalue weighted by molar-refractivity contribution is 6.30. The van der Waals surface area contributed by atoms with Crippen molar-refractivity contribution < 1.29 is 4.79 Å². The highest BCUT2D eigenvalue weighted by Gasteiger charge is 2.52. The lowest BCUT2D eigenvalue weighted by atomic mass is 9.94. The Balaban J connectivity index is 1.53. The van der Waals surface area contributed by atoms with Gasteiger partial charge in [-0.25, -0.2) is 0 Å². The molecular weight excluding hydrogens is 344 g/mol. The summed E-state index contributed by atoms with van der Waals surface area (Å²) in [7, 11) is 1.93.